The summed E-state index contributed by atoms with van der Waals surface area (Å²) in [6, 6.07) is 0.189. The quantitative estimate of drug-likeness (QED) is 0.776. The Kier molecular flexibility index (Phi) is 3.79. The number of aromatic amines is 1. The normalized spacial score (nSPS) is 15.7. The molecule has 1 fully saturated rings. The second kappa shape index (κ2) is 5.06. The van der Waals surface area contributed by atoms with E-state index in [0.717, 1.165) is 17.1 Å². The second-order valence-electron chi connectivity index (χ2n) is 4.53. The summed E-state index contributed by atoms with van der Waals surface area (Å²) in [6.45, 7) is 1.27. The van der Waals surface area contributed by atoms with Gasteiger partial charge in [-0.2, -0.15) is 4.31 Å². The second-order valence-corrected chi connectivity index (χ2v) is 7.75. The number of H-pyrrole nitrogens is 1. The number of nitrogens with zero attached hydrogens (tertiary/aromatic N) is 1. The van der Waals surface area contributed by atoms with Crippen LogP contribution < -0.4 is 10.2 Å². The monoisotopic (exact) mass is 305 g/mol. The summed E-state index contributed by atoms with van der Waals surface area (Å²) in [6.07, 6.45) is 1.89. The van der Waals surface area contributed by atoms with Gasteiger partial charge < -0.3 is 10.3 Å². The van der Waals surface area contributed by atoms with Gasteiger partial charge in [0, 0.05) is 18.8 Å². The summed E-state index contributed by atoms with van der Waals surface area (Å²) in [7, 11) is -2.47. The fourth-order valence-electron chi connectivity index (χ4n) is 1.57. The minimum Gasteiger partial charge on any atom is -0.352 e. The van der Waals surface area contributed by atoms with E-state index in [4.69, 9.17) is 0 Å². The summed E-state index contributed by atoms with van der Waals surface area (Å²) in [5.74, 6) is -0.325. The smallest absolute Gasteiger partial charge is 0.305 e. The predicted octanol–water partition coefficient (Wildman–Crippen LogP) is -0.356. The van der Waals surface area contributed by atoms with Crippen molar-refractivity contribution in [2.24, 2.45) is 0 Å². The van der Waals surface area contributed by atoms with Gasteiger partial charge in [-0.15, -0.1) is 0 Å². The van der Waals surface area contributed by atoms with Crippen molar-refractivity contribution >= 4 is 27.3 Å². The highest BCUT2D eigenvalue weighted by molar-refractivity contribution is 7.91. The zero-order valence-electron chi connectivity index (χ0n) is 10.6. The van der Waals surface area contributed by atoms with Crippen LogP contribution >= 0.6 is 11.3 Å². The highest BCUT2D eigenvalue weighted by atomic mass is 32.2. The van der Waals surface area contributed by atoms with Crippen molar-refractivity contribution in [3.05, 3.63) is 15.4 Å². The van der Waals surface area contributed by atoms with E-state index in [0.29, 0.717) is 17.0 Å². The number of rotatable bonds is 5. The van der Waals surface area contributed by atoms with E-state index < -0.39 is 14.9 Å². The van der Waals surface area contributed by atoms with Crippen molar-refractivity contribution < 1.29 is 13.2 Å². The van der Waals surface area contributed by atoms with Crippen molar-refractivity contribution in [1.82, 2.24) is 14.6 Å². The van der Waals surface area contributed by atoms with Gasteiger partial charge in [-0.25, -0.2) is 8.42 Å². The number of nitrogens with one attached hydrogen (secondary N) is 2. The minimum absolute atomic E-state index is 0.0424. The van der Waals surface area contributed by atoms with E-state index in [1.54, 1.807) is 0 Å². The molecule has 0 aromatic carbocycles. The van der Waals surface area contributed by atoms with Crippen molar-refractivity contribution in [2.75, 3.05) is 13.6 Å². The number of sulfonamides is 1. The molecule has 9 heteroatoms. The maximum atomic E-state index is 12.2. The summed E-state index contributed by atoms with van der Waals surface area (Å²) >= 11 is 0.631. The van der Waals surface area contributed by atoms with Gasteiger partial charge in [-0.1, -0.05) is 11.3 Å². The Bertz CT molecular complexity index is 642. The lowest BCUT2D eigenvalue weighted by Gasteiger charge is -2.15. The Morgan fingerprint density at radius 2 is 2.16 bits per heavy atom. The predicted molar refractivity (Wildman–Crippen MR) is 70.7 cm³/mol. The number of hydrogen-bond acceptors (Lipinski definition) is 5. The van der Waals surface area contributed by atoms with Crippen LogP contribution in [0.1, 0.15) is 18.5 Å². The number of hydrogen-bond donors (Lipinski definition) is 2. The summed E-state index contributed by atoms with van der Waals surface area (Å²) < 4.78 is 25.3. The van der Waals surface area contributed by atoms with E-state index in [1.807, 2.05) is 0 Å². The first kappa shape index (κ1) is 14.2. The minimum atomic E-state index is -3.80. The molecule has 1 aliphatic rings. The SMILES string of the molecule is Cc1[nH]c(=O)sc1S(=O)(=O)N(C)CC(=O)NC1CC1. The standard InChI is InChI=1S/C10H15N3O4S2/c1-6-9(18-10(15)11-6)19(16,17)13(2)5-8(14)12-7-3-4-7/h7H,3-5H2,1-2H3,(H,11,15)(H,12,14). The molecule has 1 aliphatic carbocycles. The Balaban J connectivity index is 2.12. The molecule has 2 rings (SSSR count). The van der Waals surface area contributed by atoms with Gasteiger partial charge in [0.15, 0.2) is 4.21 Å². The summed E-state index contributed by atoms with van der Waals surface area (Å²) in [4.78, 5) is 24.7. The van der Waals surface area contributed by atoms with Gasteiger partial charge in [0.1, 0.15) is 0 Å². The van der Waals surface area contributed by atoms with Crippen LogP contribution in [-0.4, -0.2) is 43.2 Å². The molecule has 19 heavy (non-hydrogen) atoms. The molecule has 1 amide bonds. The Morgan fingerprint density at radius 3 is 2.63 bits per heavy atom. The Hall–Kier alpha value is -1.19. The largest absolute Gasteiger partial charge is 0.352 e. The molecule has 106 valence electrons. The highest BCUT2D eigenvalue weighted by Crippen LogP contribution is 2.21. The van der Waals surface area contributed by atoms with Crippen molar-refractivity contribution in [3.8, 4) is 0 Å². The topological polar surface area (TPSA) is 99.3 Å². The summed E-state index contributed by atoms with van der Waals surface area (Å²) in [5, 5.41) is 2.72. The van der Waals surface area contributed by atoms with Crippen molar-refractivity contribution in [1.29, 1.82) is 0 Å². The molecule has 0 unspecified atom stereocenters. The Morgan fingerprint density at radius 1 is 1.53 bits per heavy atom. The third-order valence-corrected chi connectivity index (χ3v) is 6.12. The molecule has 0 atom stereocenters. The van der Waals surface area contributed by atoms with Crippen LogP contribution in [0.15, 0.2) is 9.00 Å². The van der Waals surface area contributed by atoms with Crippen LogP contribution in [0, 0.1) is 6.92 Å². The maximum Gasteiger partial charge on any atom is 0.305 e. The molecular weight excluding hydrogens is 290 g/mol. The molecule has 1 saturated carbocycles. The molecule has 2 N–H and O–H groups in total. The van der Waals surface area contributed by atoms with Crippen LogP contribution in [0.2, 0.25) is 0 Å². The molecule has 0 radical (unpaired) electrons. The molecule has 0 saturated heterocycles. The first-order chi connectivity index (χ1) is 8.80. The zero-order valence-corrected chi connectivity index (χ0v) is 12.2. The maximum absolute atomic E-state index is 12.2. The van der Waals surface area contributed by atoms with Crippen LogP contribution in [0.4, 0.5) is 0 Å². The van der Waals surface area contributed by atoms with E-state index in [1.165, 1.54) is 14.0 Å². The third-order valence-electron chi connectivity index (χ3n) is 2.73. The van der Waals surface area contributed by atoms with Gasteiger partial charge in [0.2, 0.25) is 5.91 Å². The number of likely N-dealkylation sites (N-methyl/N-ethyl adjacent to an activating group) is 1. The molecular formula is C10H15N3O4S2. The fourth-order valence-corrected chi connectivity index (χ4v) is 4.18. The van der Waals surface area contributed by atoms with Crippen LogP contribution in [0.3, 0.4) is 0 Å². The molecule has 1 heterocycles. The van der Waals surface area contributed by atoms with Gasteiger partial charge in [0.25, 0.3) is 10.0 Å². The lowest BCUT2D eigenvalue weighted by Crippen LogP contribution is -2.39. The number of aromatic nitrogens is 1. The summed E-state index contributed by atoms with van der Waals surface area (Å²) in [5.41, 5.74) is 0.296. The average molecular weight is 305 g/mol. The van der Waals surface area contributed by atoms with E-state index in [2.05, 4.69) is 10.3 Å². The first-order valence-electron chi connectivity index (χ1n) is 5.76. The van der Waals surface area contributed by atoms with Crippen LogP contribution in [0.5, 0.6) is 0 Å². The number of amides is 1. The van der Waals surface area contributed by atoms with Gasteiger partial charge in [-0.05, 0) is 19.8 Å². The van der Waals surface area contributed by atoms with Crippen LogP contribution in [-0.2, 0) is 14.8 Å². The number of carbonyl (C=O) groups excluding carboxylic acids is 1. The van der Waals surface area contributed by atoms with Crippen molar-refractivity contribution in [3.63, 3.8) is 0 Å². The van der Waals surface area contributed by atoms with Gasteiger partial charge in [0.05, 0.1) is 6.54 Å². The zero-order chi connectivity index (χ0) is 14.2. The molecule has 0 aliphatic heterocycles. The number of thiazole rings is 1. The molecule has 1 aromatic heterocycles. The fraction of sp³-hybridized carbons (Fsp3) is 0.600. The van der Waals surface area contributed by atoms with Crippen molar-refractivity contribution in [2.45, 2.75) is 30.0 Å². The van der Waals surface area contributed by atoms with E-state index in [-0.39, 0.29) is 22.7 Å². The number of carbonyl (C=O) groups is 1. The molecule has 0 bridgehead atoms. The van der Waals surface area contributed by atoms with Crippen LogP contribution in [0.25, 0.3) is 0 Å². The Labute approximate surface area is 114 Å². The molecule has 1 aromatic rings. The molecule has 7 nitrogen and oxygen atoms in total. The average Bonchev–Trinajstić information content (AvgIpc) is 3.02. The lowest BCUT2D eigenvalue weighted by molar-refractivity contribution is -0.121. The third kappa shape index (κ3) is 3.23. The molecule has 0 spiro atoms. The highest BCUT2D eigenvalue weighted by Gasteiger charge is 2.29. The van der Waals surface area contributed by atoms with Gasteiger partial charge in [-0.3, -0.25) is 9.59 Å². The first-order valence-corrected chi connectivity index (χ1v) is 8.02. The lowest BCUT2D eigenvalue weighted by atomic mass is 10.5. The van der Waals surface area contributed by atoms with E-state index >= 15 is 0 Å². The van der Waals surface area contributed by atoms with E-state index in [9.17, 15) is 18.0 Å². The van der Waals surface area contributed by atoms with Gasteiger partial charge >= 0.3 is 4.87 Å². The number of aryl methyl sites for hydroxylation is 1.